The zero-order chi connectivity index (χ0) is 13.9. The molecule has 0 saturated heterocycles. The van der Waals surface area contributed by atoms with Gasteiger partial charge in [0, 0.05) is 17.3 Å². The minimum atomic E-state index is -3.61. The van der Waals surface area contributed by atoms with Crippen LogP contribution in [0.25, 0.3) is 0 Å². The summed E-state index contributed by atoms with van der Waals surface area (Å²) in [5.41, 5.74) is 6.72. The van der Waals surface area contributed by atoms with Gasteiger partial charge in [0.1, 0.15) is 0 Å². The van der Waals surface area contributed by atoms with Crippen molar-refractivity contribution in [1.29, 1.82) is 0 Å². The Balaban J connectivity index is 2.29. The normalized spacial score (nSPS) is 11.3. The van der Waals surface area contributed by atoms with Gasteiger partial charge in [-0.1, -0.05) is 23.7 Å². The molecule has 0 bridgehead atoms. The Bertz CT molecular complexity index is 669. The molecule has 0 saturated carbocycles. The predicted molar refractivity (Wildman–Crippen MR) is 76.6 cm³/mol. The van der Waals surface area contributed by atoms with E-state index in [1.54, 1.807) is 42.5 Å². The van der Waals surface area contributed by atoms with Crippen molar-refractivity contribution >= 4 is 27.3 Å². The smallest absolute Gasteiger partial charge is 0.261 e. The Morgan fingerprint density at radius 1 is 1.11 bits per heavy atom. The fourth-order valence-electron chi connectivity index (χ4n) is 1.57. The summed E-state index contributed by atoms with van der Waals surface area (Å²) in [6.45, 7) is 0.296. The van der Waals surface area contributed by atoms with Crippen LogP contribution in [0.1, 0.15) is 5.56 Å². The molecule has 0 spiro atoms. The van der Waals surface area contributed by atoms with Gasteiger partial charge >= 0.3 is 0 Å². The van der Waals surface area contributed by atoms with E-state index >= 15 is 0 Å². The van der Waals surface area contributed by atoms with Crippen LogP contribution < -0.4 is 10.5 Å². The Kier molecular flexibility index (Phi) is 4.09. The maximum Gasteiger partial charge on any atom is 0.261 e. The molecular formula is C13H13ClN2O2S. The Morgan fingerprint density at radius 2 is 1.79 bits per heavy atom. The standard InChI is InChI=1S/C13H13ClN2O2S/c14-11-4-6-12(7-5-11)16-19(17,18)13-3-1-2-10(8-13)9-15/h1-8,16H,9,15H2. The average molecular weight is 297 g/mol. The van der Waals surface area contributed by atoms with Crippen molar-refractivity contribution in [2.75, 3.05) is 4.72 Å². The first-order valence-electron chi connectivity index (χ1n) is 5.59. The largest absolute Gasteiger partial charge is 0.326 e. The van der Waals surface area contributed by atoms with Crippen molar-refractivity contribution in [3.05, 3.63) is 59.1 Å². The van der Waals surface area contributed by atoms with E-state index in [0.717, 1.165) is 5.56 Å². The summed E-state index contributed by atoms with van der Waals surface area (Å²) >= 11 is 5.75. The molecule has 0 atom stereocenters. The molecule has 0 aromatic heterocycles. The highest BCUT2D eigenvalue weighted by Crippen LogP contribution is 2.19. The van der Waals surface area contributed by atoms with E-state index in [1.807, 2.05) is 0 Å². The number of nitrogens with one attached hydrogen (secondary N) is 1. The van der Waals surface area contributed by atoms with Crippen LogP contribution >= 0.6 is 11.6 Å². The highest BCUT2D eigenvalue weighted by atomic mass is 35.5. The van der Waals surface area contributed by atoms with E-state index in [9.17, 15) is 8.42 Å². The van der Waals surface area contributed by atoms with Gasteiger partial charge in [-0.2, -0.15) is 0 Å². The lowest BCUT2D eigenvalue weighted by atomic mass is 10.2. The number of nitrogens with two attached hydrogens (primary N) is 1. The van der Waals surface area contributed by atoms with Crippen LogP contribution in [-0.4, -0.2) is 8.42 Å². The van der Waals surface area contributed by atoms with Crippen LogP contribution in [0.4, 0.5) is 5.69 Å². The number of hydrogen-bond acceptors (Lipinski definition) is 3. The van der Waals surface area contributed by atoms with Gasteiger partial charge in [-0.25, -0.2) is 8.42 Å². The highest BCUT2D eigenvalue weighted by Gasteiger charge is 2.14. The number of hydrogen-bond donors (Lipinski definition) is 2. The van der Waals surface area contributed by atoms with E-state index in [2.05, 4.69) is 4.72 Å². The van der Waals surface area contributed by atoms with E-state index in [4.69, 9.17) is 17.3 Å². The van der Waals surface area contributed by atoms with Crippen molar-refractivity contribution < 1.29 is 8.42 Å². The predicted octanol–water partition coefficient (Wildman–Crippen LogP) is 2.60. The van der Waals surface area contributed by atoms with Crippen LogP contribution in [0.15, 0.2) is 53.4 Å². The Hall–Kier alpha value is -1.56. The van der Waals surface area contributed by atoms with Crippen molar-refractivity contribution in [2.45, 2.75) is 11.4 Å². The zero-order valence-electron chi connectivity index (χ0n) is 10.0. The lowest BCUT2D eigenvalue weighted by molar-refractivity contribution is 0.601. The lowest BCUT2D eigenvalue weighted by Gasteiger charge is -2.09. The van der Waals surface area contributed by atoms with Gasteiger partial charge in [-0.15, -0.1) is 0 Å². The van der Waals surface area contributed by atoms with Gasteiger partial charge in [0.15, 0.2) is 0 Å². The summed E-state index contributed by atoms with van der Waals surface area (Å²) in [5.74, 6) is 0. The first-order valence-corrected chi connectivity index (χ1v) is 7.45. The molecule has 4 nitrogen and oxygen atoms in total. The molecule has 0 aliphatic rings. The number of sulfonamides is 1. The van der Waals surface area contributed by atoms with Crippen LogP contribution in [-0.2, 0) is 16.6 Å². The van der Waals surface area contributed by atoms with Gasteiger partial charge in [0.25, 0.3) is 10.0 Å². The molecule has 0 radical (unpaired) electrons. The molecule has 2 aromatic carbocycles. The van der Waals surface area contributed by atoms with Crippen molar-refractivity contribution in [3.8, 4) is 0 Å². The van der Waals surface area contributed by atoms with Crippen molar-refractivity contribution in [1.82, 2.24) is 0 Å². The number of anilines is 1. The first kappa shape index (κ1) is 13.9. The quantitative estimate of drug-likeness (QED) is 0.911. The molecule has 2 aromatic rings. The molecular weight excluding hydrogens is 284 g/mol. The van der Waals surface area contributed by atoms with Gasteiger partial charge < -0.3 is 5.73 Å². The summed E-state index contributed by atoms with van der Waals surface area (Å²) in [6, 6.07) is 13.0. The molecule has 2 rings (SSSR count). The van der Waals surface area contributed by atoms with E-state index in [0.29, 0.717) is 17.3 Å². The third-order valence-electron chi connectivity index (χ3n) is 2.54. The zero-order valence-corrected chi connectivity index (χ0v) is 11.6. The van der Waals surface area contributed by atoms with E-state index in [-0.39, 0.29) is 4.90 Å². The average Bonchev–Trinajstić information content (AvgIpc) is 2.41. The maximum atomic E-state index is 12.2. The van der Waals surface area contributed by atoms with Gasteiger partial charge in [0.05, 0.1) is 4.90 Å². The second kappa shape index (κ2) is 5.61. The highest BCUT2D eigenvalue weighted by molar-refractivity contribution is 7.92. The fourth-order valence-corrected chi connectivity index (χ4v) is 2.83. The topological polar surface area (TPSA) is 72.2 Å². The van der Waals surface area contributed by atoms with Gasteiger partial charge in [0.2, 0.25) is 0 Å². The number of rotatable bonds is 4. The summed E-state index contributed by atoms with van der Waals surface area (Å²) in [6.07, 6.45) is 0. The van der Waals surface area contributed by atoms with E-state index in [1.165, 1.54) is 6.07 Å². The van der Waals surface area contributed by atoms with Gasteiger partial charge in [-0.3, -0.25) is 4.72 Å². The minimum Gasteiger partial charge on any atom is -0.326 e. The Labute approximate surface area is 117 Å². The molecule has 19 heavy (non-hydrogen) atoms. The molecule has 0 unspecified atom stereocenters. The van der Waals surface area contributed by atoms with Crippen LogP contribution in [0.5, 0.6) is 0 Å². The summed E-state index contributed by atoms with van der Waals surface area (Å²) in [4.78, 5) is 0.186. The van der Waals surface area contributed by atoms with E-state index < -0.39 is 10.0 Å². The Morgan fingerprint density at radius 3 is 2.42 bits per heavy atom. The summed E-state index contributed by atoms with van der Waals surface area (Å²) < 4.78 is 26.8. The molecule has 3 N–H and O–H groups in total. The molecule has 0 fully saturated rings. The summed E-state index contributed by atoms with van der Waals surface area (Å²) in [5, 5.41) is 0.549. The molecule has 6 heteroatoms. The fraction of sp³-hybridized carbons (Fsp3) is 0.0769. The lowest BCUT2D eigenvalue weighted by Crippen LogP contribution is -2.13. The van der Waals surface area contributed by atoms with Crippen molar-refractivity contribution in [3.63, 3.8) is 0 Å². The third-order valence-corrected chi connectivity index (χ3v) is 4.17. The van der Waals surface area contributed by atoms with Crippen LogP contribution in [0, 0.1) is 0 Å². The van der Waals surface area contributed by atoms with Crippen LogP contribution in [0.2, 0.25) is 5.02 Å². The third kappa shape index (κ3) is 3.47. The molecule has 0 aliphatic heterocycles. The molecule has 100 valence electrons. The maximum absolute atomic E-state index is 12.2. The monoisotopic (exact) mass is 296 g/mol. The first-order chi connectivity index (χ1) is 9.01. The summed E-state index contributed by atoms with van der Waals surface area (Å²) in [7, 11) is -3.61. The second-order valence-electron chi connectivity index (χ2n) is 3.96. The number of halogens is 1. The number of benzene rings is 2. The van der Waals surface area contributed by atoms with Crippen LogP contribution in [0.3, 0.4) is 0 Å². The second-order valence-corrected chi connectivity index (χ2v) is 6.08. The minimum absolute atomic E-state index is 0.186. The SMILES string of the molecule is NCc1cccc(S(=O)(=O)Nc2ccc(Cl)cc2)c1. The molecule has 0 amide bonds. The van der Waals surface area contributed by atoms with Crippen molar-refractivity contribution in [2.24, 2.45) is 5.73 Å². The van der Waals surface area contributed by atoms with Gasteiger partial charge in [-0.05, 0) is 42.0 Å². The molecule has 0 heterocycles. The molecule has 0 aliphatic carbocycles.